The normalized spacial score (nSPS) is 23.7. The van der Waals surface area contributed by atoms with Gasteiger partial charge in [-0.1, -0.05) is 0 Å². The minimum atomic E-state index is -4.32. The molecule has 1 saturated heterocycles. The summed E-state index contributed by atoms with van der Waals surface area (Å²) in [5, 5.41) is 0. The van der Waals surface area contributed by atoms with E-state index in [0.29, 0.717) is 6.42 Å². The van der Waals surface area contributed by atoms with E-state index in [1.54, 1.807) is 0 Å². The lowest BCUT2D eigenvalue weighted by atomic mass is 10.2. The molecule has 1 rings (SSSR count). The zero-order chi connectivity index (χ0) is 10.1. The highest BCUT2D eigenvalue weighted by Gasteiger charge is 2.47. The molecular weight excluding hydrogens is 185 g/mol. The Balaban J connectivity index is 2.70. The van der Waals surface area contributed by atoms with Gasteiger partial charge in [0.2, 0.25) is 5.91 Å². The summed E-state index contributed by atoms with van der Waals surface area (Å²) >= 11 is 0. The van der Waals surface area contributed by atoms with E-state index in [-0.39, 0.29) is 19.5 Å². The molecule has 0 saturated carbocycles. The van der Waals surface area contributed by atoms with Gasteiger partial charge in [0.05, 0.1) is 6.54 Å². The number of carbonyl (C=O) groups is 1. The van der Waals surface area contributed by atoms with Crippen LogP contribution in [0, 0.1) is 0 Å². The molecule has 1 aliphatic heterocycles. The first-order chi connectivity index (χ1) is 5.96. The monoisotopic (exact) mass is 196 g/mol. The molecule has 0 aromatic carbocycles. The van der Waals surface area contributed by atoms with Gasteiger partial charge in [-0.05, 0) is 12.8 Å². The third-order valence-corrected chi connectivity index (χ3v) is 2.13. The van der Waals surface area contributed by atoms with Crippen LogP contribution in [0.25, 0.3) is 0 Å². The maximum Gasteiger partial charge on any atom is 0.408 e. The van der Waals surface area contributed by atoms with Gasteiger partial charge in [0.1, 0.15) is 6.04 Å². The molecule has 3 nitrogen and oxygen atoms in total. The van der Waals surface area contributed by atoms with E-state index in [9.17, 15) is 18.0 Å². The summed E-state index contributed by atoms with van der Waals surface area (Å²) in [4.78, 5) is 11.8. The zero-order valence-corrected chi connectivity index (χ0v) is 6.97. The van der Waals surface area contributed by atoms with Crippen molar-refractivity contribution in [1.82, 2.24) is 4.90 Å². The van der Waals surface area contributed by atoms with E-state index in [1.165, 1.54) is 0 Å². The molecule has 1 fully saturated rings. The summed E-state index contributed by atoms with van der Waals surface area (Å²) in [6, 6.07) is -1.62. The first-order valence-electron chi connectivity index (χ1n) is 4.03. The predicted molar refractivity (Wildman–Crippen MR) is 39.8 cm³/mol. The van der Waals surface area contributed by atoms with Crippen molar-refractivity contribution in [2.24, 2.45) is 5.73 Å². The number of rotatable bonds is 1. The van der Waals surface area contributed by atoms with Gasteiger partial charge < -0.3 is 10.6 Å². The van der Waals surface area contributed by atoms with Crippen LogP contribution in [-0.4, -0.2) is 36.1 Å². The second-order valence-corrected chi connectivity index (χ2v) is 2.99. The molecule has 0 aromatic rings. The number of hydrogen-bond donors (Lipinski definition) is 1. The van der Waals surface area contributed by atoms with Crippen molar-refractivity contribution in [1.29, 1.82) is 0 Å². The van der Waals surface area contributed by atoms with E-state index in [1.807, 2.05) is 0 Å². The molecule has 76 valence electrons. The van der Waals surface area contributed by atoms with Crippen LogP contribution in [0.3, 0.4) is 0 Å². The molecular formula is C7H11F3N2O. The van der Waals surface area contributed by atoms with E-state index < -0.39 is 18.1 Å². The molecule has 1 amide bonds. The van der Waals surface area contributed by atoms with Gasteiger partial charge in [-0.3, -0.25) is 4.79 Å². The van der Waals surface area contributed by atoms with Gasteiger partial charge in [0, 0.05) is 6.54 Å². The van der Waals surface area contributed by atoms with Gasteiger partial charge >= 0.3 is 6.18 Å². The van der Waals surface area contributed by atoms with Crippen molar-refractivity contribution in [3.63, 3.8) is 0 Å². The van der Waals surface area contributed by atoms with Crippen molar-refractivity contribution in [3.05, 3.63) is 0 Å². The highest BCUT2D eigenvalue weighted by atomic mass is 19.4. The Labute approximate surface area is 73.7 Å². The quantitative estimate of drug-likeness (QED) is 0.663. The van der Waals surface area contributed by atoms with Crippen LogP contribution >= 0.6 is 0 Å². The standard InChI is InChI=1S/C7H11F3N2O/c8-7(9,10)5-2-1-3-12(5)6(13)4-11/h5H,1-4,11H2. The highest BCUT2D eigenvalue weighted by molar-refractivity contribution is 5.78. The number of nitrogens with two attached hydrogens (primary N) is 1. The van der Waals surface area contributed by atoms with Gasteiger partial charge in [0.25, 0.3) is 0 Å². The fraction of sp³-hybridized carbons (Fsp3) is 0.857. The molecule has 2 N–H and O–H groups in total. The van der Waals surface area contributed by atoms with Gasteiger partial charge in [0.15, 0.2) is 0 Å². The van der Waals surface area contributed by atoms with Crippen LogP contribution in [0.4, 0.5) is 13.2 Å². The van der Waals surface area contributed by atoms with E-state index in [2.05, 4.69) is 0 Å². The summed E-state index contributed by atoms with van der Waals surface area (Å²) < 4.78 is 36.8. The Kier molecular flexibility index (Phi) is 2.80. The van der Waals surface area contributed by atoms with Crippen molar-refractivity contribution < 1.29 is 18.0 Å². The van der Waals surface area contributed by atoms with Gasteiger partial charge in [-0.25, -0.2) is 0 Å². The maximum atomic E-state index is 12.3. The third-order valence-electron chi connectivity index (χ3n) is 2.13. The summed E-state index contributed by atoms with van der Waals surface area (Å²) in [6.07, 6.45) is -3.92. The number of hydrogen-bond acceptors (Lipinski definition) is 2. The number of carbonyl (C=O) groups excluding carboxylic acids is 1. The third kappa shape index (κ3) is 2.12. The van der Waals surface area contributed by atoms with Crippen LogP contribution in [0.2, 0.25) is 0 Å². The molecule has 13 heavy (non-hydrogen) atoms. The second-order valence-electron chi connectivity index (χ2n) is 2.99. The molecule has 1 unspecified atom stereocenters. The Bertz CT molecular complexity index is 204. The highest BCUT2D eigenvalue weighted by Crippen LogP contribution is 2.32. The fourth-order valence-electron chi connectivity index (χ4n) is 1.52. The molecule has 1 aliphatic rings. The number of amides is 1. The molecule has 6 heteroatoms. The molecule has 0 radical (unpaired) electrons. The zero-order valence-electron chi connectivity index (χ0n) is 6.97. The Morgan fingerprint density at radius 2 is 2.15 bits per heavy atom. The topological polar surface area (TPSA) is 46.3 Å². The van der Waals surface area contributed by atoms with E-state index in [4.69, 9.17) is 5.73 Å². The van der Waals surface area contributed by atoms with Gasteiger partial charge in [-0.15, -0.1) is 0 Å². The summed E-state index contributed by atoms with van der Waals surface area (Å²) in [5.74, 6) is -0.625. The molecule has 0 aliphatic carbocycles. The molecule has 1 heterocycles. The van der Waals surface area contributed by atoms with E-state index >= 15 is 0 Å². The maximum absolute atomic E-state index is 12.3. The average molecular weight is 196 g/mol. The number of nitrogens with zero attached hydrogens (tertiary/aromatic N) is 1. The minimum Gasteiger partial charge on any atom is -0.329 e. The van der Waals surface area contributed by atoms with Crippen molar-refractivity contribution in [3.8, 4) is 0 Å². The second kappa shape index (κ2) is 3.53. The van der Waals surface area contributed by atoms with Crippen molar-refractivity contribution >= 4 is 5.91 Å². The number of alkyl halides is 3. The van der Waals surface area contributed by atoms with Crippen LogP contribution in [-0.2, 0) is 4.79 Å². The smallest absolute Gasteiger partial charge is 0.329 e. The summed E-state index contributed by atoms with van der Waals surface area (Å²) in [6.45, 7) is -0.188. The van der Waals surface area contributed by atoms with Crippen molar-refractivity contribution in [2.45, 2.75) is 25.1 Å². The first kappa shape index (κ1) is 10.3. The van der Waals surface area contributed by atoms with Crippen molar-refractivity contribution in [2.75, 3.05) is 13.1 Å². The Morgan fingerprint density at radius 3 is 2.62 bits per heavy atom. The number of likely N-dealkylation sites (tertiary alicyclic amines) is 1. The molecule has 0 bridgehead atoms. The Morgan fingerprint density at radius 1 is 1.54 bits per heavy atom. The van der Waals surface area contributed by atoms with Gasteiger partial charge in [-0.2, -0.15) is 13.2 Å². The predicted octanol–water partition coefficient (Wildman–Crippen LogP) is 0.498. The van der Waals surface area contributed by atoms with Crippen LogP contribution < -0.4 is 5.73 Å². The minimum absolute atomic E-state index is 0.00472. The molecule has 0 spiro atoms. The Hall–Kier alpha value is -0.780. The lowest BCUT2D eigenvalue weighted by Crippen LogP contribution is -2.46. The lowest BCUT2D eigenvalue weighted by molar-refractivity contribution is -0.182. The van der Waals surface area contributed by atoms with Crippen LogP contribution in [0.5, 0.6) is 0 Å². The van der Waals surface area contributed by atoms with Crippen LogP contribution in [0.15, 0.2) is 0 Å². The van der Waals surface area contributed by atoms with Crippen LogP contribution in [0.1, 0.15) is 12.8 Å². The molecule has 1 atom stereocenters. The summed E-state index contributed by atoms with van der Waals surface area (Å²) in [7, 11) is 0. The SMILES string of the molecule is NCC(=O)N1CCCC1C(F)(F)F. The lowest BCUT2D eigenvalue weighted by Gasteiger charge is -2.25. The number of halogens is 3. The van der Waals surface area contributed by atoms with E-state index in [0.717, 1.165) is 4.90 Å². The fourth-order valence-corrected chi connectivity index (χ4v) is 1.52. The largest absolute Gasteiger partial charge is 0.408 e. The average Bonchev–Trinajstić information content (AvgIpc) is 2.49. The first-order valence-corrected chi connectivity index (χ1v) is 4.03. The summed E-state index contributed by atoms with van der Waals surface area (Å²) in [5.41, 5.74) is 5.00. The molecule has 0 aromatic heterocycles.